The maximum Gasteiger partial charge on any atom is 0.295 e. The molecule has 3 aromatic rings. The quantitative estimate of drug-likeness (QED) is 0.208. The molecule has 8 nitrogen and oxygen atoms in total. The smallest absolute Gasteiger partial charge is 0.295 e. The summed E-state index contributed by atoms with van der Waals surface area (Å²) in [6, 6.07) is 15.1. The number of hydrogen-bond donors (Lipinski definition) is 1. The number of aliphatic hydroxyl groups is 1. The maximum atomic E-state index is 13.4. The normalized spacial score (nSPS) is 18.2. The zero-order chi connectivity index (χ0) is 25.8. The van der Waals surface area contributed by atoms with E-state index in [0.717, 1.165) is 18.4 Å². The molecule has 2 aliphatic heterocycles. The molecule has 0 bridgehead atoms. The highest BCUT2D eigenvalue weighted by atomic mass is 16.6. The fourth-order valence-corrected chi connectivity index (χ4v) is 4.53. The van der Waals surface area contributed by atoms with E-state index in [-0.39, 0.29) is 17.9 Å². The number of carbonyl (C=O) groups excluding carboxylic acids is 2. The van der Waals surface area contributed by atoms with E-state index in [1.54, 1.807) is 36.7 Å². The molecular weight excluding hydrogens is 472 g/mol. The lowest BCUT2D eigenvalue weighted by Gasteiger charge is -2.26. The van der Waals surface area contributed by atoms with Gasteiger partial charge in [0.1, 0.15) is 24.7 Å². The van der Waals surface area contributed by atoms with Crippen molar-refractivity contribution in [1.29, 1.82) is 0 Å². The number of unbranched alkanes of at least 4 members (excludes halogenated alkanes) is 1. The van der Waals surface area contributed by atoms with Crippen LogP contribution in [0, 0.1) is 0 Å². The Morgan fingerprint density at radius 2 is 1.92 bits per heavy atom. The Morgan fingerprint density at radius 3 is 2.70 bits per heavy atom. The highest BCUT2D eigenvalue weighted by Gasteiger charge is 2.46. The van der Waals surface area contributed by atoms with Crippen LogP contribution < -0.4 is 14.2 Å². The molecule has 190 valence electrons. The van der Waals surface area contributed by atoms with E-state index in [0.29, 0.717) is 48.2 Å². The Morgan fingerprint density at radius 1 is 1.08 bits per heavy atom. The number of benzene rings is 2. The Balaban J connectivity index is 1.59. The molecule has 1 N–H and O–H groups in total. The fraction of sp³-hybridized carbons (Fsp3) is 0.276. The lowest BCUT2D eigenvalue weighted by atomic mass is 9.95. The molecule has 0 saturated carbocycles. The number of amides is 1. The minimum Gasteiger partial charge on any atom is -0.507 e. The summed E-state index contributed by atoms with van der Waals surface area (Å²) in [5.74, 6) is -0.0385. The van der Waals surface area contributed by atoms with Crippen LogP contribution in [0.5, 0.6) is 17.2 Å². The molecule has 2 aliphatic rings. The number of Topliss-reactive ketones (excluding diaryl/α,β-unsaturated/α-hetero) is 1. The average molecular weight is 501 g/mol. The number of ether oxygens (including phenoxy) is 3. The molecule has 0 radical (unpaired) electrons. The predicted octanol–water partition coefficient (Wildman–Crippen LogP) is 4.65. The van der Waals surface area contributed by atoms with Gasteiger partial charge in [-0.1, -0.05) is 31.5 Å². The van der Waals surface area contributed by atoms with Crippen LogP contribution in [0.4, 0.5) is 0 Å². The van der Waals surface area contributed by atoms with E-state index in [1.165, 1.54) is 4.90 Å². The SMILES string of the molecule is CCCCOc1cccc([C@@H]2/C(=C(\O)c3ccc4c(c3)OCCO4)C(=O)C(=O)N2Cc2cccnc2)c1. The van der Waals surface area contributed by atoms with E-state index in [4.69, 9.17) is 14.2 Å². The summed E-state index contributed by atoms with van der Waals surface area (Å²) in [6.07, 6.45) is 5.21. The molecule has 1 atom stereocenters. The minimum absolute atomic E-state index is 0.0104. The van der Waals surface area contributed by atoms with Crippen molar-refractivity contribution in [3.8, 4) is 17.2 Å². The van der Waals surface area contributed by atoms with Gasteiger partial charge in [0.25, 0.3) is 11.7 Å². The number of ketones is 1. The van der Waals surface area contributed by atoms with Gasteiger partial charge in [0.05, 0.1) is 18.2 Å². The zero-order valence-electron chi connectivity index (χ0n) is 20.6. The lowest BCUT2D eigenvalue weighted by molar-refractivity contribution is -0.140. The van der Waals surface area contributed by atoms with Crippen LogP contribution in [0.1, 0.15) is 42.5 Å². The van der Waals surface area contributed by atoms with Gasteiger partial charge in [-0.05, 0) is 53.9 Å². The number of rotatable bonds is 8. The first-order valence-corrected chi connectivity index (χ1v) is 12.4. The molecule has 1 fully saturated rings. The van der Waals surface area contributed by atoms with E-state index in [1.807, 2.05) is 30.3 Å². The van der Waals surface area contributed by atoms with Gasteiger partial charge in [0, 0.05) is 24.5 Å². The molecule has 1 aromatic heterocycles. The van der Waals surface area contributed by atoms with Gasteiger partial charge < -0.3 is 24.2 Å². The van der Waals surface area contributed by atoms with Gasteiger partial charge in [-0.3, -0.25) is 14.6 Å². The Bertz CT molecular complexity index is 1340. The van der Waals surface area contributed by atoms with Crippen molar-refractivity contribution < 1.29 is 28.9 Å². The summed E-state index contributed by atoms with van der Waals surface area (Å²) >= 11 is 0. The van der Waals surface area contributed by atoms with Crippen LogP contribution in [0.2, 0.25) is 0 Å². The Kier molecular flexibility index (Phi) is 7.07. The summed E-state index contributed by atoms with van der Waals surface area (Å²) in [5, 5.41) is 11.4. The molecule has 8 heteroatoms. The first-order chi connectivity index (χ1) is 18.1. The van der Waals surface area contributed by atoms with E-state index >= 15 is 0 Å². The van der Waals surface area contributed by atoms with Crippen molar-refractivity contribution in [2.45, 2.75) is 32.4 Å². The van der Waals surface area contributed by atoms with Crippen LogP contribution in [-0.2, 0) is 16.1 Å². The van der Waals surface area contributed by atoms with E-state index in [2.05, 4.69) is 11.9 Å². The molecule has 37 heavy (non-hydrogen) atoms. The van der Waals surface area contributed by atoms with Gasteiger partial charge >= 0.3 is 0 Å². The van der Waals surface area contributed by atoms with Gasteiger partial charge in [0.2, 0.25) is 0 Å². The monoisotopic (exact) mass is 500 g/mol. The van der Waals surface area contributed by atoms with E-state index < -0.39 is 17.7 Å². The number of hydrogen-bond acceptors (Lipinski definition) is 7. The second kappa shape index (κ2) is 10.7. The van der Waals surface area contributed by atoms with Crippen molar-refractivity contribution in [3.05, 3.63) is 89.3 Å². The number of pyridine rings is 1. The third-order valence-electron chi connectivity index (χ3n) is 6.37. The largest absolute Gasteiger partial charge is 0.507 e. The molecule has 0 spiro atoms. The number of fused-ring (bicyclic) bond motifs is 1. The average Bonchev–Trinajstić information content (AvgIpc) is 3.18. The van der Waals surface area contributed by atoms with Crippen LogP contribution in [0.25, 0.3) is 5.76 Å². The highest BCUT2D eigenvalue weighted by molar-refractivity contribution is 6.46. The van der Waals surface area contributed by atoms with Crippen LogP contribution in [0.15, 0.2) is 72.6 Å². The summed E-state index contributed by atoms with van der Waals surface area (Å²) in [5.41, 5.74) is 1.81. The first-order valence-electron chi connectivity index (χ1n) is 12.4. The molecule has 0 unspecified atom stereocenters. The van der Waals surface area contributed by atoms with Crippen LogP contribution >= 0.6 is 0 Å². The van der Waals surface area contributed by atoms with Crippen molar-refractivity contribution in [3.63, 3.8) is 0 Å². The summed E-state index contributed by atoms with van der Waals surface area (Å²) in [6.45, 7) is 3.63. The van der Waals surface area contributed by atoms with Crippen LogP contribution in [-0.4, -0.2) is 46.5 Å². The van der Waals surface area contributed by atoms with Crippen LogP contribution in [0.3, 0.4) is 0 Å². The Hall–Kier alpha value is -4.33. The number of aliphatic hydroxyl groups excluding tert-OH is 1. The molecule has 5 rings (SSSR count). The zero-order valence-corrected chi connectivity index (χ0v) is 20.6. The maximum absolute atomic E-state index is 13.4. The molecule has 3 heterocycles. The topological polar surface area (TPSA) is 98.2 Å². The standard InChI is InChI=1S/C29H28N2O6/c1-2-3-12-35-22-8-4-7-20(15-22)26-25(27(32)21-9-10-23-24(16-21)37-14-13-36-23)28(33)29(34)31(26)18-19-6-5-11-30-17-19/h4-11,15-17,26,32H,2-3,12-14,18H2,1H3/b27-25+/t26-/m1/s1. The number of nitrogens with zero attached hydrogens (tertiary/aromatic N) is 2. The van der Waals surface area contributed by atoms with E-state index in [9.17, 15) is 14.7 Å². The summed E-state index contributed by atoms with van der Waals surface area (Å²) in [7, 11) is 0. The fourth-order valence-electron chi connectivity index (χ4n) is 4.53. The third kappa shape index (κ3) is 5.00. The van der Waals surface area contributed by atoms with Crippen molar-refractivity contribution in [2.24, 2.45) is 0 Å². The number of aromatic nitrogens is 1. The highest BCUT2D eigenvalue weighted by Crippen LogP contribution is 2.42. The van der Waals surface area contributed by atoms with Crippen molar-refractivity contribution in [1.82, 2.24) is 9.88 Å². The molecular formula is C29H28N2O6. The van der Waals surface area contributed by atoms with Crippen molar-refractivity contribution in [2.75, 3.05) is 19.8 Å². The number of likely N-dealkylation sites (tertiary alicyclic amines) is 1. The lowest BCUT2D eigenvalue weighted by Crippen LogP contribution is -2.29. The summed E-state index contributed by atoms with van der Waals surface area (Å²) < 4.78 is 17.1. The third-order valence-corrected chi connectivity index (χ3v) is 6.37. The van der Waals surface area contributed by atoms with Gasteiger partial charge in [-0.15, -0.1) is 0 Å². The summed E-state index contributed by atoms with van der Waals surface area (Å²) in [4.78, 5) is 32.3. The first kappa shape index (κ1) is 24.4. The second-order valence-electron chi connectivity index (χ2n) is 8.92. The predicted molar refractivity (Wildman–Crippen MR) is 136 cm³/mol. The second-order valence-corrected chi connectivity index (χ2v) is 8.92. The Labute approximate surface area is 215 Å². The van der Waals surface area contributed by atoms with Crippen molar-refractivity contribution >= 4 is 17.4 Å². The van der Waals surface area contributed by atoms with Gasteiger partial charge in [-0.2, -0.15) is 0 Å². The van der Waals surface area contributed by atoms with Gasteiger partial charge in [0.15, 0.2) is 11.5 Å². The number of carbonyl (C=O) groups is 2. The molecule has 1 amide bonds. The molecule has 2 aromatic carbocycles. The minimum atomic E-state index is -0.817. The molecule has 0 aliphatic carbocycles. The van der Waals surface area contributed by atoms with Gasteiger partial charge in [-0.25, -0.2) is 0 Å². The molecule has 1 saturated heterocycles.